The number of methoxy groups -OCH3 is 1. The van der Waals surface area contributed by atoms with Gasteiger partial charge in [0, 0.05) is 25.7 Å². The molecular formula is C13H21N3O2. The van der Waals surface area contributed by atoms with Crippen LogP contribution in [0, 0.1) is 0 Å². The number of nitrogens with one attached hydrogen (secondary N) is 1. The highest BCUT2D eigenvalue weighted by atomic mass is 16.5. The van der Waals surface area contributed by atoms with Gasteiger partial charge in [-0.1, -0.05) is 6.07 Å². The van der Waals surface area contributed by atoms with Crippen molar-refractivity contribution in [1.82, 2.24) is 9.88 Å². The number of morpholine rings is 1. The third-order valence-electron chi connectivity index (χ3n) is 2.99. The van der Waals surface area contributed by atoms with E-state index < -0.39 is 0 Å². The summed E-state index contributed by atoms with van der Waals surface area (Å²) in [6.07, 6.45) is 1.11. The highest BCUT2D eigenvalue weighted by molar-refractivity contribution is 5.36. The molecule has 0 bridgehead atoms. The zero-order chi connectivity index (χ0) is 12.6. The molecule has 5 heteroatoms. The predicted molar refractivity (Wildman–Crippen MR) is 71.2 cm³/mol. The summed E-state index contributed by atoms with van der Waals surface area (Å²) in [5, 5.41) is 3.31. The van der Waals surface area contributed by atoms with E-state index in [1.54, 1.807) is 7.11 Å². The summed E-state index contributed by atoms with van der Waals surface area (Å²) in [5.74, 6) is 1.52. The highest BCUT2D eigenvalue weighted by Gasteiger charge is 2.08. The first kappa shape index (κ1) is 13.1. The van der Waals surface area contributed by atoms with Crippen LogP contribution in [0.2, 0.25) is 0 Å². The Morgan fingerprint density at radius 1 is 1.39 bits per heavy atom. The quantitative estimate of drug-likeness (QED) is 0.770. The normalized spacial score (nSPS) is 16.5. The second-order valence-corrected chi connectivity index (χ2v) is 4.30. The van der Waals surface area contributed by atoms with Crippen LogP contribution in [0.5, 0.6) is 5.88 Å². The molecule has 1 aliphatic heterocycles. The second kappa shape index (κ2) is 7.18. The first-order chi connectivity index (χ1) is 8.88. The Morgan fingerprint density at radius 2 is 2.22 bits per heavy atom. The largest absolute Gasteiger partial charge is 0.481 e. The SMILES string of the molecule is COc1cccc(NCCCN2CCOCC2)n1. The van der Waals surface area contributed by atoms with E-state index in [1.807, 2.05) is 18.2 Å². The van der Waals surface area contributed by atoms with Gasteiger partial charge in [-0.15, -0.1) is 0 Å². The summed E-state index contributed by atoms with van der Waals surface area (Å²) in [4.78, 5) is 6.74. The molecular weight excluding hydrogens is 230 g/mol. The molecule has 1 fully saturated rings. The molecule has 100 valence electrons. The van der Waals surface area contributed by atoms with Crippen LogP contribution in [0.15, 0.2) is 18.2 Å². The summed E-state index contributed by atoms with van der Waals surface area (Å²) in [5.41, 5.74) is 0. The lowest BCUT2D eigenvalue weighted by Gasteiger charge is -2.26. The standard InChI is InChI=1S/C13H21N3O2/c1-17-13-5-2-4-12(15-13)14-6-3-7-16-8-10-18-11-9-16/h2,4-5H,3,6-11H2,1H3,(H,14,15). The summed E-state index contributed by atoms with van der Waals surface area (Å²) in [6.45, 7) is 5.88. The minimum atomic E-state index is 0.646. The van der Waals surface area contributed by atoms with Gasteiger partial charge in [0.05, 0.1) is 20.3 Å². The predicted octanol–water partition coefficient (Wildman–Crippen LogP) is 1.22. The molecule has 5 nitrogen and oxygen atoms in total. The molecule has 1 aromatic heterocycles. The number of aromatic nitrogens is 1. The van der Waals surface area contributed by atoms with Gasteiger partial charge in [0.25, 0.3) is 0 Å². The Labute approximate surface area is 108 Å². The molecule has 0 unspecified atom stereocenters. The van der Waals surface area contributed by atoms with Crippen LogP contribution < -0.4 is 10.1 Å². The van der Waals surface area contributed by atoms with Crippen LogP contribution >= 0.6 is 0 Å². The van der Waals surface area contributed by atoms with E-state index in [-0.39, 0.29) is 0 Å². The molecule has 1 N–H and O–H groups in total. The Bertz CT molecular complexity index is 354. The van der Waals surface area contributed by atoms with Gasteiger partial charge in [-0.25, -0.2) is 0 Å². The number of ether oxygens (including phenoxy) is 2. The molecule has 0 atom stereocenters. The lowest BCUT2D eigenvalue weighted by Crippen LogP contribution is -2.37. The van der Waals surface area contributed by atoms with Gasteiger partial charge >= 0.3 is 0 Å². The van der Waals surface area contributed by atoms with Gasteiger partial charge in [-0.05, 0) is 19.0 Å². The van der Waals surface area contributed by atoms with Crippen LogP contribution in [0.3, 0.4) is 0 Å². The zero-order valence-corrected chi connectivity index (χ0v) is 10.9. The average Bonchev–Trinajstić information content (AvgIpc) is 2.45. The monoisotopic (exact) mass is 251 g/mol. The van der Waals surface area contributed by atoms with Crippen molar-refractivity contribution in [3.8, 4) is 5.88 Å². The fraction of sp³-hybridized carbons (Fsp3) is 0.615. The second-order valence-electron chi connectivity index (χ2n) is 4.30. The van der Waals surface area contributed by atoms with Gasteiger partial charge in [0.2, 0.25) is 5.88 Å². The molecule has 1 aliphatic rings. The molecule has 0 radical (unpaired) electrons. The van der Waals surface area contributed by atoms with Crippen LogP contribution in [-0.4, -0.2) is 56.4 Å². The van der Waals surface area contributed by atoms with Crippen molar-refractivity contribution in [3.05, 3.63) is 18.2 Å². The Morgan fingerprint density at radius 3 is 3.00 bits per heavy atom. The van der Waals surface area contributed by atoms with Gasteiger partial charge in [-0.2, -0.15) is 4.98 Å². The van der Waals surface area contributed by atoms with Gasteiger partial charge in [0.15, 0.2) is 0 Å². The van der Waals surface area contributed by atoms with Crippen LogP contribution in [0.25, 0.3) is 0 Å². The fourth-order valence-electron chi connectivity index (χ4n) is 1.97. The number of hydrogen-bond donors (Lipinski definition) is 1. The minimum absolute atomic E-state index is 0.646. The van der Waals surface area contributed by atoms with E-state index in [1.165, 1.54) is 0 Å². The number of hydrogen-bond acceptors (Lipinski definition) is 5. The third kappa shape index (κ3) is 4.16. The van der Waals surface area contributed by atoms with E-state index >= 15 is 0 Å². The summed E-state index contributed by atoms with van der Waals surface area (Å²) in [7, 11) is 1.63. The molecule has 0 saturated carbocycles. The third-order valence-corrected chi connectivity index (χ3v) is 2.99. The van der Waals surface area contributed by atoms with Crippen molar-refractivity contribution in [3.63, 3.8) is 0 Å². The van der Waals surface area contributed by atoms with Crippen molar-refractivity contribution < 1.29 is 9.47 Å². The summed E-state index contributed by atoms with van der Waals surface area (Å²) < 4.78 is 10.4. The Hall–Kier alpha value is -1.33. The molecule has 1 aromatic rings. The topological polar surface area (TPSA) is 46.6 Å². The van der Waals surface area contributed by atoms with E-state index in [2.05, 4.69) is 15.2 Å². The molecule has 0 amide bonds. The van der Waals surface area contributed by atoms with E-state index in [0.717, 1.165) is 51.6 Å². The molecule has 0 aliphatic carbocycles. The van der Waals surface area contributed by atoms with Crippen molar-refractivity contribution in [1.29, 1.82) is 0 Å². The first-order valence-corrected chi connectivity index (χ1v) is 6.43. The molecule has 18 heavy (non-hydrogen) atoms. The number of rotatable bonds is 6. The van der Waals surface area contributed by atoms with E-state index in [0.29, 0.717) is 5.88 Å². The Balaban J connectivity index is 1.65. The minimum Gasteiger partial charge on any atom is -0.481 e. The van der Waals surface area contributed by atoms with Crippen LogP contribution in [-0.2, 0) is 4.74 Å². The lowest BCUT2D eigenvalue weighted by molar-refractivity contribution is 0.0378. The van der Waals surface area contributed by atoms with Crippen molar-refractivity contribution >= 4 is 5.82 Å². The molecule has 2 rings (SSSR count). The molecule has 1 saturated heterocycles. The first-order valence-electron chi connectivity index (χ1n) is 6.43. The average molecular weight is 251 g/mol. The lowest BCUT2D eigenvalue weighted by atomic mass is 10.3. The van der Waals surface area contributed by atoms with Crippen molar-refractivity contribution in [2.45, 2.75) is 6.42 Å². The van der Waals surface area contributed by atoms with Crippen LogP contribution in [0.4, 0.5) is 5.82 Å². The van der Waals surface area contributed by atoms with Crippen molar-refractivity contribution in [2.75, 3.05) is 51.8 Å². The maximum absolute atomic E-state index is 5.32. The van der Waals surface area contributed by atoms with Gasteiger partial charge in [0.1, 0.15) is 5.82 Å². The molecule has 0 spiro atoms. The highest BCUT2D eigenvalue weighted by Crippen LogP contribution is 2.10. The molecule has 2 heterocycles. The summed E-state index contributed by atoms with van der Waals surface area (Å²) >= 11 is 0. The maximum Gasteiger partial charge on any atom is 0.214 e. The van der Waals surface area contributed by atoms with E-state index in [9.17, 15) is 0 Å². The number of nitrogens with zero attached hydrogens (tertiary/aromatic N) is 2. The van der Waals surface area contributed by atoms with Gasteiger partial charge < -0.3 is 14.8 Å². The maximum atomic E-state index is 5.32. The number of anilines is 1. The van der Waals surface area contributed by atoms with Crippen LogP contribution in [0.1, 0.15) is 6.42 Å². The van der Waals surface area contributed by atoms with Crippen molar-refractivity contribution in [2.24, 2.45) is 0 Å². The fourth-order valence-corrected chi connectivity index (χ4v) is 1.97. The smallest absolute Gasteiger partial charge is 0.214 e. The number of pyridine rings is 1. The zero-order valence-electron chi connectivity index (χ0n) is 10.9. The van der Waals surface area contributed by atoms with E-state index in [4.69, 9.17) is 9.47 Å². The van der Waals surface area contributed by atoms with Gasteiger partial charge in [-0.3, -0.25) is 4.90 Å². The summed E-state index contributed by atoms with van der Waals surface area (Å²) in [6, 6.07) is 5.74. The Kier molecular flexibility index (Phi) is 5.23. The molecule has 0 aromatic carbocycles.